The molecule has 0 aliphatic rings. The number of fused-ring (bicyclic) bond motifs is 1. The standard InChI is InChI=1S/C15H8F3NO2S/c16-15(17,18)10-6-2-3-7-11(10)21-14-19-13(20)9-5-1-4-8-12(9)22-14/h1-8H. The highest BCUT2D eigenvalue weighted by atomic mass is 32.1. The van der Waals surface area contributed by atoms with Crippen molar-refractivity contribution in [1.29, 1.82) is 0 Å². The molecule has 0 radical (unpaired) electrons. The molecular formula is C15H8F3NO2S. The van der Waals surface area contributed by atoms with Crippen LogP contribution in [0.1, 0.15) is 5.56 Å². The average Bonchev–Trinajstić information content (AvgIpc) is 2.47. The van der Waals surface area contributed by atoms with Gasteiger partial charge in [-0.3, -0.25) is 4.79 Å². The molecule has 0 saturated heterocycles. The average molecular weight is 323 g/mol. The van der Waals surface area contributed by atoms with Crippen molar-refractivity contribution in [3.63, 3.8) is 0 Å². The first kappa shape index (κ1) is 14.5. The molecule has 1 heterocycles. The molecule has 2 aromatic carbocycles. The van der Waals surface area contributed by atoms with E-state index < -0.39 is 17.3 Å². The van der Waals surface area contributed by atoms with Gasteiger partial charge in [0.1, 0.15) is 5.75 Å². The van der Waals surface area contributed by atoms with Crippen LogP contribution in [0.4, 0.5) is 13.2 Å². The van der Waals surface area contributed by atoms with E-state index in [-0.39, 0.29) is 10.9 Å². The smallest absolute Gasteiger partial charge is 0.419 e. The molecule has 3 rings (SSSR count). The molecule has 1 aromatic heterocycles. The van der Waals surface area contributed by atoms with E-state index in [1.807, 2.05) is 0 Å². The van der Waals surface area contributed by atoms with Crippen LogP contribution in [-0.2, 0) is 6.18 Å². The first-order chi connectivity index (χ1) is 10.4. The van der Waals surface area contributed by atoms with E-state index in [1.165, 1.54) is 18.2 Å². The Morgan fingerprint density at radius 1 is 1.00 bits per heavy atom. The molecule has 0 aliphatic carbocycles. The second kappa shape index (κ2) is 5.42. The normalized spacial score (nSPS) is 11.6. The second-order valence-electron chi connectivity index (χ2n) is 4.38. The van der Waals surface area contributed by atoms with Gasteiger partial charge in [-0.1, -0.05) is 35.6 Å². The quantitative estimate of drug-likeness (QED) is 0.698. The van der Waals surface area contributed by atoms with Gasteiger partial charge in [0, 0.05) is 4.70 Å². The van der Waals surface area contributed by atoms with Gasteiger partial charge >= 0.3 is 6.18 Å². The number of rotatable bonds is 2. The molecule has 0 fully saturated rings. The van der Waals surface area contributed by atoms with Crippen LogP contribution in [0.3, 0.4) is 0 Å². The number of para-hydroxylation sites is 1. The van der Waals surface area contributed by atoms with Crippen molar-refractivity contribution < 1.29 is 17.9 Å². The molecule has 3 nitrogen and oxygen atoms in total. The maximum absolute atomic E-state index is 12.9. The summed E-state index contributed by atoms with van der Waals surface area (Å²) in [4.78, 5) is 15.6. The van der Waals surface area contributed by atoms with E-state index in [2.05, 4.69) is 4.98 Å². The van der Waals surface area contributed by atoms with E-state index in [0.717, 1.165) is 17.4 Å². The van der Waals surface area contributed by atoms with E-state index in [9.17, 15) is 18.0 Å². The van der Waals surface area contributed by atoms with Gasteiger partial charge in [-0.2, -0.15) is 18.2 Å². The van der Waals surface area contributed by atoms with Crippen LogP contribution in [0.5, 0.6) is 10.9 Å². The molecule has 0 saturated carbocycles. The predicted octanol–water partition coefficient (Wildman–Crippen LogP) is 4.47. The van der Waals surface area contributed by atoms with Gasteiger partial charge in [0.15, 0.2) is 0 Å². The number of hydrogen-bond donors (Lipinski definition) is 0. The third-order valence-corrected chi connectivity index (χ3v) is 3.82. The zero-order chi connectivity index (χ0) is 15.7. The molecule has 3 aromatic rings. The number of alkyl halides is 3. The molecule has 0 N–H and O–H groups in total. The highest BCUT2D eigenvalue weighted by Crippen LogP contribution is 2.38. The number of nitrogens with zero attached hydrogens (tertiary/aromatic N) is 1. The Morgan fingerprint density at radius 3 is 2.45 bits per heavy atom. The molecule has 0 spiro atoms. The lowest BCUT2D eigenvalue weighted by atomic mass is 10.2. The number of halogens is 3. The summed E-state index contributed by atoms with van der Waals surface area (Å²) in [5.74, 6) is -0.381. The van der Waals surface area contributed by atoms with Gasteiger partial charge in [0.25, 0.3) is 10.8 Å². The molecule has 0 atom stereocenters. The molecule has 0 unspecified atom stereocenters. The fourth-order valence-corrected chi connectivity index (χ4v) is 2.78. The van der Waals surface area contributed by atoms with E-state index in [1.54, 1.807) is 24.3 Å². The summed E-state index contributed by atoms with van der Waals surface area (Å²) in [6.45, 7) is 0. The molecule has 0 aliphatic heterocycles. The van der Waals surface area contributed by atoms with E-state index in [0.29, 0.717) is 10.1 Å². The molecule has 22 heavy (non-hydrogen) atoms. The Bertz CT molecular complexity index is 890. The Hall–Kier alpha value is -2.41. The minimum absolute atomic E-state index is 0.125. The predicted molar refractivity (Wildman–Crippen MR) is 77.4 cm³/mol. The number of aromatic nitrogens is 1. The fraction of sp³-hybridized carbons (Fsp3) is 0.0667. The van der Waals surface area contributed by atoms with Crippen LogP contribution >= 0.6 is 11.3 Å². The van der Waals surface area contributed by atoms with Crippen LogP contribution in [0.2, 0.25) is 0 Å². The third kappa shape index (κ3) is 2.80. The lowest BCUT2D eigenvalue weighted by Gasteiger charge is -2.12. The highest BCUT2D eigenvalue weighted by molar-refractivity contribution is 7.19. The minimum atomic E-state index is -4.54. The third-order valence-electron chi connectivity index (χ3n) is 2.90. The Labute approximate surface area is 126 Å². The van der Waals surface area contributed by atoms with Gasteiger partial charge in [-0.15, -0.1) is 0 Å². The summed E-state index contributed by atoms with van der Waals surface area (Å²) in [7, 11) is 0. The zero-order valence-electron chi connectivity index (χ0n) is 10.9. The summed E-state index contributed by atoms with van der Waals surface area (Å²) in [5.41, 5.74) is -1.45. The van der Waals surface area contributed by atoms with Crippen molar-refractivity contribution in [3.05, 3.63) is 64.4 Å². The van der Waals surface area contributed by atoms with Gasteiger partial charge < -0.3 is 4.74 Å². The van der Waals surface area contributed by atoms with Gasteiger partial charge in [0.2, 0.25) is 0 Å². The first-order valence-corrected chi connectivity index (χ1v) is 7.01. The topological polar surface area (TPSA) is 39.2 Å². The maximum atomic E-state index is 12.9. The summed E-state index contributed by atoms with van der Waals surface area (Å²) in [6, 6.07) is 11.5. The van der Waals surface area contributed by atoms with Crippen molar-refractivity contribution in [2.45, 2.75) is 6.18 Å². The number of hydrogen-bond acceptors (Lipinski definition) is 4. The van der Waals surface area contributed by atoms with Gasteiger partial charge in [-0.25, -0.2) is 0 Å². The summed E-state index contributed by atoms with van der Waals surface area (Å²) >= 11 is 1.01. The second-order valence-corrected chi connectivity index (χ2v) is 5.37. The number of benzene rings is 2. The largest absolute Gasteiger partial charge is 0.430 e. The SMILES string of the molecule is O=c1nc(Oc2ccccc2C(F)(F)F)sc2ccccc12. The summed E-state index contributed by atoms with van der Waals surface area (Å²) < 4.78 is 44.6. The monoisotopic (exact) mass is 323 g/mol. The van der Waals surface area contributed by atoms with Gasteiger partial charge in [-0.05, 0) is 24.3 Å². The highest BCUT2D eigenvalue weighted by Gasteiger charge is 2.34. The van der Waals surface area contributed by atoms with Crippen molar-refractivity contribution in [1.82, 2.24) is 4.98 Å². The van der Waals surface area contributed by atoms with Crippen LogP contribution in [-0.4, -0.2) is 4.98 Å². The molecule has 7 heteroatoms. The Balaban J connectivity index is 2.06. The summed E-state index contributed by atoms with van der Waals surface area (Å²) in [5, 5.41) is 0.282. The molecular weight excluding hydrogens is 315 g/mol. The molecule has 0 bridgehead atoms. The van der Waals surface area contributed by atoms with Crippen molar-refractivity contribution in [2.75, 3.05) is 0 Å². The van der Waals surface area contributed by atoms with Crippen LogP contribution in [0.25, 0.3) is 10.1 Å². The first-order valence-electron chi connectivity index (χ1n) is 6.19. The lowest BCUT2D eigenvalue weighted by molar-refractivity contribution is -0.138. The van der Waals surface area contributed by atoms with Crippen LogP contribution in [0.15, 0.2) is 53.3 Å². The Kier molecular flexibility index (Phi) is 3.58. The fourth-order valence-electron chi connectivity index (χ4n) is 1.92. The van der Waals surface area contributed by atoms with Crippen molar-refractivity contribution in [2.24, 2.45) is 0 Å². The van der Waals surface area contributed by atoms with Gasteiger partial charge in [0.05, 0.1) is 10.9 Å². The zero-order valence-corrected chi connectivity index (χ0v) is 11.7. The van der Waals surface area contributed by atoms with Crippen molar-refractivity contribution in [3.8, 4) is 10.9 Å². The van der Waals surface area contributed by atoms with E-state index in [4.69, 9.17) is 4.74 Å². The lowest BCUT2D eigenvalue weighted by Crippen LogP contribution is -2.09. The van der Waals surface area contributed by atoms with E-state index >= 15 is 0 Å². The molecule has 0 amide bonds. The molecule has 112 valence electrons. The number of ether oxygens (including phenoxy) is 1. The van der Waals surface area contributed by atoms with Crippen LogP contribution in [0, 0.1) is 0 Å². The Morgan fingerprint density at radius 2 is 1.68 bits per heavy atom. The summed E-state index contributed by atoms with van der Waals surface area (Å²) in [6.07, 6.45) is -4.54. The minimum Gasteiger partial charge on any atom is -0.430 e. The van der Waals surface area contributed by atoms with Crippen LogP contribution < -0.4 is 10.3 Å². The maximum Gasteiger partial charge on any atom is 0.419 e. The van der Waals surface area contributed by atoms with Crippen molar-refractivity contribution >= 4 is 21.4 Å².